The van der Waals surface area contributed by atoms with Crippen LogP contribution in [0, 0.1) is 17.7 Å². The third-order valence-electron chi connectivity index (χ3n) is 6.55. The van der Waals surface area contributed by atoms with Crippen molar-refractivity contribution in [3.05, 3.63) is 35.6 Å². The Balaban J connectivity index is 1.56. The van der Waals surface area contributed by atoms with E-state index in [1.54, 1.807) is 12.1 Å². The molecule has 4 atom stereocenters. The number of amides is 1. The summed E-state index contributed by atoms with van der Waals surface area (Å²) in [5, 5.41) is 0. The molecule has 0 N–H and O–H groups in total. The quantitative estimate of drug-likeness (QED) is 0.830. The largest absolute Gasteiger partial charge is 0.338 e. The molecular weight excluding hydrogens is 329 g/mol. The number of halogens is 1. The fraction of sp³-hybridized carbons (Fsp3) is 0.667. The zero-order valence-electron chi connectivity index (χ0n) is 15.9. The van der Waals surface area contributed by atoms with Gasteiger partial charge in [-0.3, -0.25) is 9.69 Å². The Bertz CT molecular complexity index is 647. The maximum atomic E-state index is 13.2. The molecule has 0 spiro atoms. The highest BCUT2D eigenvalue weighted by atomic mass is 19.1. The number of benzene rings is 1. The number of nitrogens with zero attached hydrogens (tertiary/aromatic N) is 3. The topological polar surface area (TPSA) is 26.8 Å². The molecule has 3 heterocycles. The Morgan fingerprint density at radius 2 is 1.88 bits per heavy atom. The summed E-state index contributed by atoms with van der Waals surface area (Å²) in [6.45, 7) is 3.95. The van der Waals surface area contributed by atoms with Crippen molar-refractivity contribution in [1.82, 2.24) is 14.7 Å². The number of likely N-dealkylation sites (N-methyl/N-ethyl adjacent to an activating group) is 1. The van der Waals surface area contributed by atoms with Crippen molar-refractivity contribution < 1.29 is 9.18 Å². The van der Waals surface area contributed by atoms with E-state index in [0.29, 0.717) is 29.5 Å². The van der Waals surface area contributed by atoms with Crippen LogP contribution >= 0.6 is 0 Å². The van der Waals surface area contributed by atoms with Crippen LogP contribution in [0.25, 0.3) is 0 Å². The summed E-state index contributed by atoms with van der Waals surface area (Å²) in [6, 6.07) is 7.16. The van der Waals surface area contributed by atoms with E-state index >= 15 is 0 Å². The molecule has 5 heteroatoms. The second kappa shape index (κ2) is 7.28. The lowest BCUT2D eigenvalue weighted by Gasteiger charge is -2.57. The third-order valence-corrected chi connectivity index (χ3v) is 6.55. The number of carbonyl (C=O) groups excluding carboxylic acids is 1. The predicted molar refractivity (Wildman–Crippen MR) is 101 cm³/mol. The average molecular weight is 359 g/mol. The fourth-order valence-corrected chi connectivity index (χ4v) is 5.47. The van der Waals surface area contributed by atoms with E-state index in [1.165, 1.54) is 44.4 Å². The molecule has 26 heavy (non-hydrogen) atoms. The fourth-order valence-electron chi connectivity index (χ4n) is 5.47. The lowest BCUT2D eigenvalue weighted by atomic mass is 9.72. The number of carbonyl (C=O) groups is 1. The third kappa shape index (κ3) is 3.39. The summed E-state index contributed by atoms with van der Waals surface area (Å²) < 4.78 is 13.2. The van der Waals surface area contributed by atoms with Crippen LogP contribution in [0.15, 0.2) is 24.3 Å². The number of piperidine rings is 3. The number of hydrogen-bond acceptors (Lipinski definition) is 3. The zero-order chi connectivity index (χ0) is 18.3. The molecule has 0 unspecified atom stereocenters. The molecule has 1 aromatic rings. The van der Waals surface area contributed by atoms with Gasteiger partial charge in [-0.2, -0.15) is 0 Å². The van der Waals surface area contributed by atoms with Crippen LogP contribution in [0.5, 0.6) is 0 Å². The van der Waals surface area contributed by atoms with Crippen LogP contribution < -0.4 is 0 Å². The Morgan fingerprint density at radius 3 is 2.62 bits per heavy atom. The van der Waals surface area contributed by atoms with Crippen molar-refractivity contribution in [3.63, 3.8) is 0 Å². The molecule has 0 aliphatic carbocycles. The first-order chi connectivity index (χ1) is 12.5. The highest BCUT2D eigenvalue weighted by molar-refractivity contribution is 5.94. The number of hydrogen-bond donors (Lipinski definition) is 0. The Morgan fingerprint density at radius 1 is 1.15 bits per heavy atom. The van der Waals surface area contributed by atoms with Gasteiger partial charge < -0.3 is 9.80 Å². The van der Waals surface area contributed by atoms with E-state index in [-0.39, 0.29) is 11.7 Å². The van der Waals surface area contributed by atoms with Gasteiger partial charge in [0.15, 0.2) is 0 Å². The van der Waals surface area contributed by atoms with Gasteiger partial charge in [0, 0.05) is 37.3 Å². The van der Waals surface area contributed by atoms with Gasteiger partial charge in [-0.15, -0.1) is 0 Å². The molecule has 1 amide bonds. The molecule has 0 radical (unpaired) electrons. The summed E-state index contributed by atoms with van der Waals surface area (Å²) in [5.41, 5.74) is 0.607. The minimum absolute atomic E-state index is 0.0626. The van der Waals surface area contributed by atoms with Crippen LogP contribution in [-0.2, 0) is 0 Å². The molecule has 4 rings (SSSR count). The highest BCUT2D eigenvalue weighted by Crippen LogP contribution is 2.41. The van der Waals surface area contributed by atoms with Gasteiger partial charge in [0.2, 0.25) is 0 Å². The Labute approximate surface area is 155 Å². The summed E-state index contributed by atoms with van der Waals surface area (Å²) >= 11 is 0. The van der Waals surface area contributed by atoms with Crippen LogP contribution in [0.3, 0.4) is 0 Å². The second-order valence-electron chi connectivity index (χ2n) is 8.60. The van der Waals surface area contributed by atoms with Gasteiger partial charge >= 0.3 is 0 Å². The van der Waals surface area contributed by atoms with E-state index in [9.17, 15) is 9.18 Å². The molecule has 4 nitrogen and oxygen atoms in total. The minimum Gasteiger partial charge on any atom is -0.338 e. The van der Waals surface area contributed by atoms with E-state index in [4.69, 9.17) is 0 Å². The summed E-state index contributed by atoms with van der Waals surface area (Å²) in [5.74, 6) is 0.889. The summed E-state index contributed by atoms with van der Waals surface area (Å²) in [7, 11) is 4.30. The molecule has 142 valence electrons. The van der Waals surface area contributed by atoms with Crippen LogP contribution in [0.4, 0.5) is 4.39 Å². The summed E-state index contributed by atoms with van der Waals surface area (Å²) in [6.07, 6.45) is 5.12. The van der Waals surface area contributed by atoms with E-state index in [0.717, 1.165) is 19.6 Å². The van der Waals surface area contributed by atoms with E-state index in [1.807, 2.05) is 4.90 Å². The van der Waals surface area contributed by atoms with Gasteiger partial charge in [-0.1, -0.05) is 6.42 Å². The average Bonchev–Trinajstić information content (AvgIpc) is 2.65. The number of likely N-dealkylation sites (tertiary alicyclic amines) is 1. The molecule has 3 aliphatic heterocycles. The van der Waals surface area contributed by atoms with E-state index < -0.39 is 0 Å². The van der Waals surface area contributed by atoms with Gasteiger partial charge in [0.1, 0.15) is 5.82 Å². The zero-order valence-corrected chi connectivity index (χ0v) is 15.9. The van der Waals surface area contributed by atoms with Crippen molar-refractivity contribution in [3.8, 4) is 0 Å². The smallest absolute Gasteiger partial charge is 0.253 e. The van der Waals surface area contributed by atoms with Crippen molar-refractivity contribution in [2.24, 2.45) is 11.8 Å². The molecule has 0 aromatic heterocycles. The van der Waals surface area contributed by atoms with Crippen molar-refractivity contribution >= 4 is 5.91 Å². The van der Waals surface area contributed by atoms with Crippen LogP contribution in [0.1, 0.15) is 36.0 Å². The molecule has 3 aliphatic rings. The second-order valence-corrected chi connectivity index (χ2v) is 8.60. The van der Waals surface area contributed by atoms with Gasteiger partial charge in [0.25, 0.3) is 5.91 Å². The Kier molecular flexibility index (Phi) is 5.02. The predicted octanol–water partition coefficient (Wildman–Crippen LogP) is 2.70. The normalized spacial score (nSPS) is 31.8. The van der Waals surface area contributed by atoms with E-state index in [2.05, 4.69) is 23.9 Å². The maximum absolute atomic E-state index is 13.2. The summed E-state index contributed by atoms with van der Waals surface area (Å²) in [4.78, 5) is 20.1. The first-order valence-corrected chi connectivity index (χ1v) is 9.98. The monoisotopic (exact) mass is 359 g/mol. The van der Waals surface area contributed by atoms with Gasteiger partial charge in [-0.05, 0) is 76.0 Å². The lowest BCUT2D eigenvalue weighted by molar-refractivity contribution is -0.0702. The standard InChI is InChI=1S/C21H30FN3O/c1-23(2)14-20-17-11-16(19-5-3-4-10-25(19)20)12-24(13-17)21(26)15-6-8-18(22)9-7-15/h6-9,16-17,19-20H,3-5,10-14H2,1-2H3/t16-,17+,19+,20+/m1/s1. The van der Waals surface area contributed by atoms with Crippen LogP contribution in [-0.4, -0.2) is 73.0 Å². The molecule has 1 aromatic carbocycles. The minimum atomic E-state index is -0.291. The van der Waals surface area contributed by atoms with Crippen molar-refractivity contribution in [2.75, 3.05) is 40.3 Å². The van der Waals surface area contributed by atoms with Gasteiger partial charge in [0.05, 0.1) is 0 Å². The van der Waals surface area contributed by atoms with Gasteiger partial charge in [-0.25, -0.2) is 4.39 Å². The highest BCUT2D eigenvalue weighted by Gasteiger charge is 2.47. The van der Waals surface area contributed by atoms with Crippen molar-refractivity contribution in [2.45, 2.75) is 37.8 Å². The first kappa shape index (κ1) is 17.9. The molecule has 0 saturated carbocycles. The number of rotatable bonds is 3. The SMILES string of the molecule is CN(C)C[C@H]1[C@H]2C[C@H](CN(C(=O)c3ccc(F)cc3)C2)[C@@H]2CCCCN21. The van der Waals surface area contributed by atoms with Crippen LogP contribution in [0.2, 0.25) is 0 Å². The van der Waals surface area contributed by atoms with Crippen molar-refractivity contribution in [1.29, 1.82) is 0 Å². The molecule has 3 fully saturated rings. The maximum Gasteiger partial charge on any atom is 0.253 e. The molecular formula is C21H30FN3O. The molecule has 2 bridgehead atoms. The lowest BCUT2D eigenvalue weighted by Crippen LogP contribution is -2.65. The Hall–Kier alpha value is -1.46. The number of fused-ring (bicyclic) bond motifs is 4. The molecule has 3 saturated heterocycles. The first-order valence-electron chi connectivity index (χ1n) is 9.98.